The van der Waals surface area contributed by atoms with E-state index >= 15 is 0 Å². The summed E-state index contributed by atoms with van der Waals surface area (Å²) >= 11 is 0. The first-order valence-electron chi connectivity index (χ1n) is 10.5. The third-order valence-electron chi connectivity index (χ3n) is 5.92. The minimum atomic E-state index is -3.72. The van der Waals surface area contributed by atoms with Crippen molar-refractivity contribution in [2.45, 2.75) is 36.6 Å². The highest BCUT2D eigenvalue weighted by Gasteiger charge is 2.33. The van der Waals surface area contributed by atoms with Crippen LogP contribution in [0.25, 0.3) is 0 Å². The molecule has 0 N–H and O–H groups in total. The van der Waals surface area contributed by atoms with Crippen LogP contribution in [-0.4, -0.2) is 57.2 Å². The van der Waals surface area contributed by atoms with Gasteiger partial charge in [-0.25, -0.2) is 0 Å². The van der Waals surface area contributed by atoms with E-state index in [0.29, 0.717) is 17.9 Å². The number of fused-ring (bicyclic) bond motifs is 1. The quantitative estimate of drug-likeness (QED) is 0.728. The Hall–Kier alpha value is -2.87. The van der Waals surface area contributed by atoms with Gasteiger partial charge in [0.2, 0.25) is 5.91 Å². The Balaban J connectivity index is 1.56. The molecule has 0 spiro atoms. The predicted octanol–water partition coefficient (Wildman–Crippen LogP) is 3.22. The fraction of sp³-hybridized carbons (Fsp3) is 0.391. The van der Waals surface area contributed by atoms with E-state index < -0.39 is 10.0 Å². The van der Waals surface area contributed by atoms with Crippen molar-refractivity contribution in [3.8, 4) is 5.75 Å². The molecule has 4 rings (SSSR count). The summed E-state index contributed by atoms with van der Waals surface area (Å²) in [5.41, 5.74) is 1.63. The molecule has 0 radical (unpaired) electrons. The Bertz CT molecular complexity index is 1100. The van der Waals surface area contributed by atoms with E-state index in [1.807, 2.05) is 29.2 Å². The Morgan fingerprint density at radius 2 is 1.87 bits per heavy atom. The number of methoxy groups -OCH3 is 1. The van der Waals surface area contributed by atoms with Crippen LogP contribution < -0.4 is 4.74 Å². The average molecular weight is 442 g/mol. The second-order valence-corrected chi connectivity index (χ2v) is 9.54. The highest BCUT2D eigenvalue weighted by Crippen LogP contribution is 2.32. The summed E-state index contributed by atoms with van der Waals surface area (Å²) < 4.78 is 33.9. The van der Waals surface area contributed by atoms with Crippen molar-refractivity contribution >= 4 is 21.8 Å². The predicted molar refractivity (Wildman–Crippen MR) is 119 cm³/mol. The zero-order valence-corrected chi connectivity index (χ0v) is 18.6. The zero-order chi connectivity index (χ0) is 22.0. The van der Waals surface area contributed by atoms with Crippen LogP contribution in [0.5, 0.6) is 5.75 Å². The van der Waals surface area contributed by atoms with Crippen LogP contribution in [0.3, 0.4) is 0 Å². The second kappa shape index (κ2) is 8.70. The lowest BCUT2D eigenvalue weighted by molar-refractivity contribution is -0.133. The van der Waals surface area contributed by atoms with Crippen molar-refractivity contribution in [2.24, 2.45) is 4.40 Å². The van der Waals surface area contributed by atoms with Gasteiger partial charge in [-0.2, -0.15) is 8.42 Å². The molecule has 0 aromatic heterocycles. The topological polar surface area (TPSA) is 79.3 Å². The molecule has 31 heavy (non-hydrogen) atoms. The Kier molecular flexibility index (Phi) is 6.00. The lowest BCUT2D eigenvalue weighted by Crippen LogP contribution is -2.42. The Morgan fingerprint density at radius 3 is 2.61 bits per heavy atom. The van der Waals surface area contributed by atoms with E-state index in [4.69, 9.17) is 4.74 Å². The minimum absolute atomic E-state index is 0.00385. The molecule has 2 aliphatic heterocycles. The Labute approximate surface area is 183 Å². The van der Waals surface area contributed by atoms with Gasteiger partial charge in [0.25, 0.3) is 10.0 Å². The van der Waals surface area contributed by atoms with Crippen LogP contribution in [0.15, 0.2) is 57.8 Å². The first kappa shape index (κ1) is 21.4. The van der Waals surface area contributed by atoms with Crippen molar-refractivity contribution < 1.29 is 17.9 Å². The first-order chi connectivity index (χ1) is 14.9. The summed E-state index contributed by atoms with van der Waals surface area (Å²) in [5, 5.41) is 0. The third kappa shape index (κ3) is 4.30. The number of hydrogen-bond donors (Lipinski definition) is 0. The molecule has 1 amide bonds. The molecule has 0 saturated carbocycles. The normalized spacial score (nSPS) is 19.9. The molecule has 1 atom stereocenters. The third-order valence-corrected chi connectivity index (χ3v) is 7.25. The lowest BCUT2D eigenvalue weighted by atomic mass is 10.0. The van der Waals surface area contributed by atoms with Crippen molar-refractivity contribution in [1.82, 2.24) is 9.80 Å². The van der Waals surface area contributed by atoms with Crippen LogP contribution in [0.4, 0.5) is 0 Å². The number of sulfonamides is 1. The summed E-state index contributed by atoms with van der Waals surface area (Å²) in [7, 11) is -0.365. The van der Waals surface area contributed by atoms with Gasteiger partial charge in [0, 0.05) is 19.2 Å². The van der Waals surface area contributed by atoms with Gasteiger partial charge in [0.15, 0.2) is 5.84 Å². The van der Waals surface area contributed by atoms with Crippen LogP contribution >= 0.6 is 0 Å². The number of carbonyl (C=O) groups excluding carboxylic acids is 1. The summed E-state index contributed by atoms with van der Waals surface area (Å²) in [6.07, 6.45) is 4.01. The largest absolute Gasteiger partial charge is 0.497 e. The van der Waals surface area contributed by atoms with Gasteiger partial charge >= 0.3 is 0 Å². The second-order valence-electron chi connectivity index (χ2n) is 7.97. The molecule has 2 aliphatic rings. The van der Waals surface area contributed by atoms with Gasteiger partial charge in [-0.1, -0.05) is 37.1 Å². The van der Waals surface area contributed by atoms with Crippen LogP contribution in [-0.2, 0) is 14.8 Å². The summed E-state index contributed by atoms with van der Waals surface area (Å²) in [4.78, 5) is 17.1. The number of amidine groups is 1. The molecule has 0 aliphatic carbocycles. The highest BCUT2D eigenvalue weighted by atomic mass is 32.2. The minimum Gasteiger partial charge on any atom is -0.497 e. The lowest BCUT2D eigenvalue weighted by Gasteiger charge is -2.32. The van der Waals surface area contributed by atoms with E-state index in [1.165, 1.54) is 0 Å². The van der Waals surface area contributed by atoms with Crippen molar-refractivity contribution in [1.29, 1.82) is 0 Å². The maximum Gasteiger partial charge on any atom is 0.285 e. The van der Waals surface area contributed by atoms with Gasteiger partial charge < -0.3 is 14.5 Å². The number of carbonyl (C=O) groups is 1. The highest BCUT2D eigenvalue weighted by molar-refractivity contribution is 7.90. The van der Waals surface area contributed by atoms with E-state index in [1.54, 1.807) is 43.3 Å². The zero-order valence-electron chi connectivity index (χ0n) is 17.8. The smallest absolute Gasteiger partial charge is 0.285 e. The van der Waals surface area contributed by atoms with Crippen molar-refractivity contribution in [2.75, 3.05) is 27.2 Å². The van der Waals surface area contributed by atoms with Gasteiger partial charge in [-0.15, -0.1) is 4.40 Å². The van der Waals surface area contributed by atoms with E-state index in [2.05, 4.69) is 4.40 Å². The van der Waals surface area contributed by atoms with Crippen LogP contribution in [0, 0.1) is 0 Å². The van der Waals surface area contributed by atoms with Crippen LogP contribution in [0.2, 0.25) is 0 Å². The fourth-order valence-electron chi connectivity index (χ4n) is 4.31. The van der Waals surface area contributed by atoms with Crippen molar-refractivity contribution in [3.63, 3.8) is 0 Å². The molecule has 8 heteroatoms. The Morgan fingerprint density at radius 1 is 1.13 bits per heavy atom. The summed E-state index contributed by atoms with van der Waals surface area (Å²) in [5.74, 6) is 1.07. The number of hydrogen-bond acceptors (Lipinski definition) is 5. The maximum absolute atomic E-state index is 13.4. The molecular weight excluding hydrogens is 414 g/mol. The maximum atomic E-state index is 13.4. The van der Waals surface area contributed by atoms with Gasteiger partial charge in [-0.05, 0) is 42.7 Å². The SMILES string of the molecule is COc1ccc(C2CCCCCN2C(=O)CN(C)C2=NS(=O)(=O)c3ccccc32)cc1. The molecule has 0 bridgehead atoms. The van der Waals surface area contributed by atoms with E-state index in [0.717, 1.165) is 37.0 Å². The molecule has 2 aromatic carbocycles. The number of likely N-dealkylation sites (tertiary alicyclic amines) is 1. The number of amides is 1. The molecule has 7 nitrogen and oxygen atoms in total. The molecular formula is C23H27N3O4S. The first-order valence-corrected chi connectivity index (χ1v) is 11.9. The summed E-state index contributed by atoms with van der Waals surface area (Å²) in [6.45, 7) is 0.750. The number of nitrogens with zero attached hydrogens (tertiary/aromatic N) is 3. The van der Waals surface area contributed by atoms with Crippen molar-refractivity contribution in [3.05, 3.63) is 59.7 Å². The number of ether oxygens (including phenoxy) is 1. The molecule has 2 aromatic rings. The molecule has 1 saturated heterocycles. The standard InChI is InChI=1S/C23H27N3O4S/c1-25(23-19-8-5-6-10-21(19)31(28,29)24-23)16-22(27)26-15-7-3-4-9-20(26)17-11-13-18(30-2)14-12-17/h5-6,8,10-14,20H,3-4,7,9,15-16H2,1-2H3. The van der Waals surface area contributed by atoms with E-state index in [-0.39, 0.29) is 23.4 Å². The summed E-state index contributed by atoms with van der Waals surface area (Å²) in [6, 6.07) is 14.6. The molecule has 1 unspecified atom stereocenters. The number of likely N-dealkylation sites (N-methyl/N-ethyl adjacent to an activating group) is 1. The molecule has 164 valence electrons. The van der Waals surface area contributed by atoms with E-state index in [9.17, 15) is 13.2 Å². The molecule has 2 heterocycles. The fourth-order valence-corrected chi connectivity index (χ4v) is 5.56. The van der Waals surface area contributed by atoms with Gasteiger partial charge in [0.05, 0.1) is 19.7 Å². The average Bonchev–Trinajstić information content (AvgIpc) is 2.92. The number of benzene rings is 2. The van der Waals surface area contributed by atoms with Gasteiger partial charge in [-0.3, -0.25) is 4.79 Å². The monoisotopic (exact) mass is 441 g/mol. The van der Waals surface area contributed by atoms with Gasteiger partial charge in [0.1, 0.15) is 10.6 Å². The number of rotatable bonds is 4. The van der Waals surface area contributed by atoms with Crippen LogP contribution in [0.1, 0.15) is 42.9 Å². The molecule has 1 fully saturated rings.